The molecule has 0 amide bonds. The Hall–Kier alpha value is -2.37. The Morgan fingerprint density at radius 2 is 2.29 bits per heavy atom. The van der Waals surface area contributed by atoms with Crippen molar-refractivity contribution >= 4 is 5.97 Å². The van der Waals surface area contributed by atoms with E-state index in [-0.39, 0.29) is 11.4 Å². The molecule has 0 spiro atoms. The van der Waals surface area contributed by atoms with Crippen molar-refractivity contribution in [3.8, 4) is 17.1 Å². The molecule has 0 unspecified atom stereocenters. The molecule has 88 valence electrons. The van der Waals surface area contributed by atoms with Gasteiger partial charge in [-0.25, -0.2) is 9.78 Å². The Morgan fingerprint density at radius 3 is 2.88 bits per heavy atom. The molecule has 6 nitrogen and oxygen atoms in total. The molecule has 0 aliphatic heterocycles. The van der Waals surface area contributed by atoms with Gasteiger partial charge in [0.1, 0.15) is 0 Å². The highest BCUT2D eigenvalue weighted by Gasteiger charge is 2.13. The van der Waals surface area contributed by atoms with Gasteiger partial charge in [-0.1, -0.05) is 0 Å². The normalized spacial score (nSPS) is 10.2. The van der Waals surface area contributed by atoms with E-state index in [1.165, 1.54) is 19.4 Å². The first-order valence-corrected chi connectivity index (χ1v) is 4.89. The van der Waals surface area contributed by atoms with E-state index in [0.717, 1.165) is 0 Å². The number of aromatic nitrogens is 3. The number of hydrogen-bond donors (Lipinski definition) is 1. The van der Waals surface area contributed by atoms with Gasteiger partial charge in [0, 0.05) is 19.4 Å². The van der Waals surface area contributed by atoms with Gasteiger partial charge in [0.15, 0.2) is 0 Å². The molecule has 0 saturated carbocycles. The van der Waals surface area contributed by atoms with Crippen LogP contribution in [0.15, 0.2) is 24.5 Å². The van der Waals surface area contributed by atoms with Crippen LogP contribution in [0.1, 0.15) is 10.4 Å². The van der Waals surface area contributed by atoms with Crippen LogP contribution >= 0.6 is 0 Å². The van der Waals surface area contributed by atoms with Crippen LogP contribution in [0, 0.1) is 0 Å². The number of hydrogen-bond acceptors (Lipinski definition) is 5. The summed E-state index contributed by atoms with van der Waals surface area (Å²) in [4.78, 5) is 15.1. The highest BCUT2D eigenvalue weighted by molar-refractivity contribution is 5.90. The number of aromatic hydroxyl groups is 1. The summed E-state index contributed by atoms with van der Waals surface area (Å²) in [6.45, 7) is 0. The molecule has 2 aromatic rings. The molecule has 2 aromatic heterocycles. The van der Waals surface area contributed by atoms with E-state index in [9.17, 15) is 9.90 Å². The van der Waals surface area contributed by atoms with Crippen molar-refractivity contribution in [2.45, 2.75) is 0 Å². The zero-order valence-corrected chi connectivity index (χ0v) is 9.41. The Balaban J connectivity index is 2.49. The molecule has 1 N–H and O–H groups in total. The molecule has 2 rings (SSSR count). The Labute approximate surface area is 97.5 Å². The van der Waals surface area contributed by atoms with Crippen LogP contribution in [0.5, 0.6) is 5.88 Å². The van der Waals surface area contributed by atoms with Gasteiger partial charge in [-0.05, 0) is 12.1 Å². The highest BCUT2D eigenvalue weighted by Crippen LogP contribution is 2.26. The molecule has 0 saturated heterocycles. The van der Waals surface area contributed by atoms with Gasteiger partial charge in [0.05, 0.1) is 23.9 Å². The third kappa shape index (κ3) is 2.10. The largest absolute Gasteiger partial charge is 0.493 e. The maximum atomic E-state index is 11.3. The maximum Gasteiger partial charge on any atom is 0.339 e. The van der Waals surface area contributed by atoms with Crippen LogP contribution in [-0.4, -0.2) is 33.0 Å². The first-order chi connectivity index (χ1) is 8.11. The highest BCUT2D eigenvalue weighted by atomic mass is 16.5. The van der Waals surface area contributed by atoms with Crippen molar-refractivity contribution < 1.29 is 14.6 Å². The van der Waals surface area contributed by atoms with Gasteiger partial charge < -0.3 is 9.84 Å². The average Bonchev–Trinajstić information content (AvgIpc) is 2.75. The van der Waals surface area contributed by atoms with Gasteiger partial charge in [-0.3, -0.25) is 4.68 Å². The smallest absolute Gasteiger partial charge is 0.339 e. The average molecular weight is 233 g/mol. The predicted molar refractivity (Wildman–Crippen MR) is 59.4 cm³/mol. The lowest BCUT2D eigenvalue weighted by molar-refractivity contribution is 0.0600. The van der Waals surface area contributed by atoms with Crippen LogP contribution in [0.2, 0.25) is 0 Å². The second-order valence-corrected chi connectivity index (χ2v) is 3.46. The van der Waals surface area contributed by atoms with E-state index in [2.05, 4.69) is 14.8 Å². The fourth-order valence-corrected chi connectivity index (χ4v) is 1.43. The van der Waals surface area contributed by atoms with E-state index < -0.39 is 5.97 Å². The van der Waals surface area contributed by atoms with E-state index >= 15 is 0 Å². The quantitative estimate of drug-likeness (QED) is 0.782. The Bertz CT molecular complexity index is 563. The fourth-order valence-electron chi connectivity index (χ4n) is 1.43. The number of ether oxygens (including phenoxy) is 1. The van der Waals surface area contributed by atoms with Gasteiger partial charge in [0.25, 0.3) is 0 Å². The standard InChI is InChI=1S/C11H11N3O3/c1-14-4-3-9(13-14)8-5-7(11(16)17-2)6-12-10(8)15/h3-6H,1-2H3,(H,12,15). The van der Waals surface area contributed by atoms with E-state index in [4.69, 9.17) is 0 Å². The molecule has 0 fully saturated rings. The number of nitrogens with zero attached hydrogens (tertiary/aromatic N) is 3. The first kappa shape index (κ1) is 11.1. The second kappa shape index (κ2) is 4.25. The van der Waals surface area contributed by atoms with E-state index in [1.54, 1.807) is 24.0 Å². The SMILES string of the molecule is COC(=O)c1cnc(O)c(-c2ccn(C)n2)c1. The zero-order chi connectivity index (χ0) is 12.4. The van der Waals surface area contributed by atoms with Gasteiger partial charge in [-0.15, -0.1) is 0 Å². The van der Waals surface area contributed by atoms with E-state index in [1.807, 2.05) is 0 Å². The molecule has 0 aliphatic rings. The molecular formula is C11H11N3O3. The summed E-state index contributed by atoms with van der Waals surface area (Å²) in [5.74, 6) is -0.675. The lowest BCUT2D eigenvalue weighted by Crippen LogP contribution is -2.02. The van der Waals surface area contributed by atoms with Gasteiger partial charge in [-0.2, -0.15) is 5.10 Å². The number of esters is 1. The number of aryl methyl sites for hydroxylation is 1. The minimum absolute atomic E-state index is 0.170. The number of carbonyl (C=O) groups excluding carboxylic acids is 1. The summed E-state index contributed by atoms with van der Waals surface area (Å²) in [5.41, 5.74) is 1.21. The Morgan fingerprint density at radius 1 is 1.53 bits per heavy atom. The predicted octanol–water partition coefficient (Wildman–Crippen LogP) is 0.974. The molecule has 0 radical (unpaired) electrons. The third-order valence-corrected chi connectivity index (χ3v) is 2.28. The van der Waals surface area contributed by atoms with Crippen LogP contribution in [0.4, 0.5) is 0 Å². The molecule has 0 aromatic carbocycles. The molecule has 6 heteroatoms. The summed E-state index contributed by atoms with van der Waals surface area (Å²) >= 11 is 0. The van der Waals surface area contributed by atoms with Crippen molar-refractivity contribution in [1.29, 1.82) is 0 Å². The second-order valence-electron chi connectivity index (χ2n) is 3.46. The minimum atomic E-state index is -0.505. The van der Waals surface area contributed by atoms with Crippen LogP contribution in [0.3, 0.4) is 0 Å². The first-order valence-electron chi connectivity index (χ1n) is 4.89. The number of carbonyl (C=O) groups is 1. The molecule has 0 atom stereocenters. The topological polar surface area (TPSA) is 77.2 Å². The number of methoxy groups -OCH3 is 1. The van der Waals surface area contributed by atoms with Crippen molar-refractivity contribution in [2.75, 3.05) is 7.11 Å². The fraction of sp³-hybridized carbons (Fsp3) is 0.182. The minimum Gasteiger partial charge on any atom is -0.493 e. The molecule has 0 bridgehead atoms. The van der Waals surface area contributed by atoms with Crippen LogP contribution in [0.25, 0.3) is 11.3 Å². The van der Waals surface area contributed by atoms with Crippen LogP contribution in [-0.2, 0) is 11.8 Å². The van der Waals surface area contributed by atoms with E-state index in [0.29, 0.717) is 11.3 Å². The summed E-state index contributed by atoms with van der Waals surface area (Å²) in [6, 6.07) is 3.22. The molecule has 17 heavy (non-hydrogen) atoms. The lowest BCUT2D eigenvalue weighted by Gasteiger charge is -2.03. The van der Waals surface area contributed by atoms with Crippen molar-refractivity contribution in [3.05, 3.63) is 30.1 Å². The van der Waals surface area contributed by atoms with Crippen LogP contribution < -0.4 is 0 Å². The van der Waals surface area contributed by atoms with Crippen molar-refractivity contribution in [2.24, 2.45) is 7.05 Å². The molecule has 0 aliphatic carbocycles. The zero-order valence-electron chi connectivity index (χ0n) is 9.41. The summed E-state index contributed by atoms with van der Waals surface area (Å²) in [7, 11) is 3.05. The Kier molecular flexibility index (Phi) is 2.78. The third-order valence-electron chi connectivity index (χ3n) is 2.28. The van der Waals surface area contributed by atoms with Gasteiger partial charge >= 0.3 is 5.97 Å². The lowest BCUT2D eigenvalue weighted by atomic mass is 10.1. The summed E-state index contributed by atoms with van der Waals surface area (Å²) in [5, 5.41) is 13.8. The molecule has 2 heterocycles. The summed E-state index contributed by atoms with van der Waals surface area (Å²) < 4.78 is 6.18. The maximum absolute atomic E-state index is 11.3. The van der Waals surface area contributed by atoms with Crippen molar-refractivity contribution in [3.63, 3.8) is 0 Å². The number of rotatable bonds is 2. The summed E-state index contributed by atoms with van der Waals surface area (Å²) in [6.07, 6.45) is 2.99. The molecular weight excluding hydrogens is 222 g/mol. The van der Waals surface area contributed by atoms with Crippen molar-refractivity contribution in [1.82, 2.24) is 14.8 Å². The number of pyridine rings is 1. The van der Waals surface area contributed by atoms with Gasteiger partial charge in [0.2, 0.25) is 5.88 Å². The monoisotopic (exact) mass is 233 g/mol.